The van der Waals surface area contributed by atoms with Crippen LogP contribution >= 0.6 is 11.8 Å². The molecule has 1 saturated heterocycles. The summed E-state index contributed by atoms with van der Waals surface area (Å²) in [6.07, 6.45) is 3.12. The van der Waals surface area contributed by atoms with E-state index in [0.29, 0.717) is 37.7 Å². The van der Waals surface area contributed by atoms with Gasteiger partial charge < -0.3 is 20.1 Å². The van der Waals surface area contributed by atoms with E-state index in [1.807, 2.05) is 29.4 Å². The number of hydrogen-bond acceptors (Lipinski definition) is 6. The summed E-state index contributed by atoms with van der Waals surface area (Å²) in [5.74, 6) is 2.24. The van der Waals surface area contributed by atoms with Gasteiger partial charge in [-0.2, -0.15) is 11.8 Å². The van der Waals surface area contributed by atoms with Gasteiger partial charge in [0.05, 0.1) is 26.7 Å². The summed E-state index contributed by atoms with van der Waals surface area (Å²) in [5, 5.41) is 5.77. The molecule has 1 atom stereocenters. The summed E-state index contributed by atoms with van der Waals surface area (Å²) >= 11 is 1.75. The number of nitrogens with one attached hydrogen (secondary N) is 2. The average molecular weight is 396 g/mol. The Labute approximate surface area is 165 Å². The molecular weight excluding hydrogens is 366 g/mol. The Kier molecular flexibility index (Phi) is 8.74. The second-order valence-electron chi connectivity index (χ2n) is 6.36. The van der Waals surface area contributed by atoms with Gasteiger partial charge in [0.15, 0.2) is 0 Å². The van der Waals surface area contributed by atoms with Crippen molar-refractivity contribution in [3.05, 3.63) is 23.8 Å². The van der Waals surface area contributed by atoms with Crippen LogP contribution in [0.2, 0.25) is 0 Å². The number of hydrogen-bond donors (Lipinski definition) is 2. The first-order valence-electron chi connectivity index (χ1n) is 9.07. The summed E-state index contributed by atoms with van der Waals surface area (Å²) in [4.78, 5) is 26.7. The molecule has 1 aromatic rings. The van der Waals surface area contributed by atoms with Gasteiger partial charge >= 0.3 is 0 Å². The van der Waals surface area contributed by atoms with E-state index in [4.69, 9.17) is 9.47 Å². The van der Waals surface area contributed by atoms with E-state index in [0.717, 1.165) is 17.7 Å². The second-order valence-corrected chi connectivity index (χ2v) is 7.34. The monoisotopic (exact) mass is 395 g/mol. The lowest BCUT2D eigenvalue weighted by Crippen LogP contribution is -2.56. The first-order valence-corrected chi connectivity index (χ1v) is 10.5. The van der Waals surface area contributed by atoms with Crippen molar-refractivity contribution in [1.29, 1.82) is 0 Å². The van der Waals surface area contributed by atoms with Crippen LogP contribution in [0.5, 0.6) is 11.5 Å². The van der Waals surface area contributed by atoms with Crippen molar-refractivity contribution in [2.24, 2.45) is 0 Å². The Bertz CT molecular complexity index is 641. The highest BCUT2D eigenvalue weighted by Crippen LogP contribution is 2.27. The molecule has 1 aromatic carbocycles. The zero-order valence-electron chi connectivity index (χ0n) is 16.2. The van der Waals surface area contributed by atoms with Crippen LogP contribution in [0, 0.1) is 0 Å². The summed E-state index contributed by atoms with van der Waals surface area (Å²) in [5.41, 5.74) is 0.957. The summed E-state index contributed by atoms with van der Waals surface area (Å²) in [6.45, 7) is 2.43. The third-order valence-corrected chi connectivity index (χ3v) is 5.23. The third kappa shape index (κ3) is 6.32. The normalized spacial score (nSPS) is 17.3. The van der Waals surface area contributed by atoms with Gasteiger partial charge in [0, 0.05) is 37.8 Å². The summed E-state index contributed by atoms with van der Waals surface area (Å²) < 4.78 is 10.7. The molecule has 27 heavy (non-hydrogen) atoms. The Balaban J connectivity index is 2.03. The number of carbonyl (C=O) groups excluding carboxylic acids is 2. The number of benzene rings is 1. The molecule has 1 heterocycles. The number of rotatable bonds is 10. The molecule has 0 saturated carbocycles. The van der Waals surface area contributed by atoms with Crippen LogP contribution in [-0.2, 0) is 16.1 Å². The molecule has 0 aliphatic carbocycles. The number of nitrogens with zero attached hydrogens (tertiary/aromatic N) is 1. The molecule has 1 aliphatic heterocycles. The van der Waals surface area contributed by atoms with Gasteiger partial charge in [0.2, 0.25) is 11.8 Å². The maximum atomic E-state index is 12.4. The minimum absolute atomic E-state index is 0.0927. The van der Waals surface area contributed by atoms with E-state index in [1.54, 1.807) is 26.0 Å². The Morgan fingerprint density at radius 2 is 2.19 bits per heavy atom. The highest BCUT2D eigenvalue weighted by molar-refractivity contribution is 7.98. The molecule has 2 amide bonds. The number of ether oxygens (including phenoxy) is 2. The fourth-order valence-electron chi connectivity index (χ4n) is 3.07. The van der Waals surface area contributed by atoms with Crippen LogP contribution < -0.4 is 20.1 Å². The van der Waals surface area contributed by atoms with E-state index in [-0.39, 0.29) is 18.2 Å². The lowest BCUT2D eigenvalue weighted by atomic mass is 10.1. The number of methoxy groups -OCH3 is 2. The maximum absolute atomic E-state index is 12.4. The van der Waals surface area contributed by atoms with Gasteiger partial charge in [0.1, 0.15) is 11.5 Å². The average Bonchev–Trinajstić information content (AvgIpc) is 2.68. The standard InChI is InChI=1S/C19H29N3O4S/c1-25-15-6-5-14(17(11-15)26-2)13-22-9-8-21-19(24)16(22)12-18(23)20-7-4-10-27-3/h5-6,11,16H,4,7-10,12-13H2,1-3H3,(H,20,23)(H,21,24). The first kappa shape index (κ1) is 21.4. The molecule has 0 spiro atoms. The van der Waals surface area contributed by atoms with Crippen LogP contribution in [0.15, 0.2) is 18.2 Å². The van der Waals surface area contributed by atoms with Crippen molar-refractivity contribution in [3.63, 3.8) is 0 Å². The quantitative estimate of drug-likeness (QED) is 0.581. The fraction of sp³-hybridized carbons (Fsp3) is 0.579. The van der Waals surface area contributed by atoms with Crippen LogP contribution in [0.3, 0.4) is 0 Å². The Hall–Kier alpha value is -1.93. The van der Waals surface area contributed by atoms with Gasteiger partial charge in [-0.1, -0.05) is 6.07 Å². The molecule has 2 N–H and O–H groups in total. The number of carbonyl (C=O) groups is 2. The topological polar surface area (TPSA) is 79.9 Å². The molecule has 7 nitrogen and oxygen atoms in total. The minimum atomic E-state index is -0.480. The van der Waals surface area contributed by atoms with Gasteiger partial charge in [0.25, 0.3) is 0 Å². The lowest BCUT2D eigenvalue weighted by Gasteiger charge is -2.35. The van der Waals surface area contributed by atoms with Crippen molar-refractivity contribution < 1.29 is 19.1 Å². The smallest absolute Gasteiger partial charge is 0.237 e. The van der Waals surface area contributed by atoms with Crippen molar-refractivity contribution in [2.45, 2.75) is 25.4 Å². The summed E-state index contributed by atoms with van der Waals surface area (Å²) in [7, 11) is 3.22. The number of amides is 2. The van der Waals surface area contributed by atoms with Gasteiger partial charge in [-0.15, -0.1) is 0 Å². The molecule has 2 rings (SSSR count). The van der Waals surface area contributed by atoms with Crippen molar-refractivity contribution >= 4 is 23.6 Å². The SMILES string of the molecule is COc1ccc(CN2CCNC(=O)C2CC(=O)NCCCSC)c(OC)c1. The largest absolute Gasteiger partial charge is 0.497 e. The van der Waals surface area contributed by atoms with Gasteiger partial charge in [-0.05, 0) is 24.5 Å². The Morgan fingerprint density at radius 3 is 2.89 bits per heavy atom. The first-order chi connectivity index (χ1) is 13.1. The number of piperazine rings is 1. The molecular formula is C19H29N3O4S. The minimum Gasteiger partial charge on any atom is -0.497 e. The molecule has 1 fully saturated rings. The zero-order chi connectivity index (χ0) is 19.6. The summed E-state index contributed by atoms with van der Waals surface area (Å²) in [6, 6.07) is 5.15. The number of thioether (sulfide) groups is 1. The zero-order valence-corrected chi connectivity index (χ0v) is 17.1. The van der Waals surface area contributed by atoms with E-state index in [1.165, 1.54) is 0 Å². The molecule has 1 aliphatic rings. The van der Waals surface area contributed by atoms with E-state index < -0.39 is 6.04 Å². The van der Waals surface area contributed by atoms with Crippen molar-refractivity contribution in [2.75, 3.05) is 45.9 Å². The molecule has 0 bridgehead atoms. The maximum Gasteiger partial charge on any atom is 0.237 e. The van der Waals surface area contributed by atoms with E-state index >= 15 is 0 Å². The van der Waals surface area contributed by atoms with E-state index in [2.05, 4.69) is 10.6 Å². The molecule has 0 aromatic heterocycles. The predicted molar refractivity (Wildman–Crippen MR) is 107 cm³/mol. The third-order valence-electron chi connectivity index (χ3n) is 4.54. The van der Waals surface area contributed by atoms with Gasteiger partial charge in [-0.3, -0.25) is 14.5 Å². The highest BCUT2D eigenvalue weighted by Gasteiger charge is 2.32. The fourth-order valence-corrected chi connectivity index (χ4v) is 3.50. The van der Waals surface area contributed by atoms with Crippen LogP contribution in [-0.4, -0.2) is 68.6 Å². The van der Waals surface area contributed by atoms with E-state index in [9.17, 15) is 9.59 Å². The molecule has 0 radical (unpaired) electrons. The second kappa shape index (κ2) is 11.0. The van der Waals surface area contributed by atoms with Gasteiger partial charge in [-0.25, -0.2) is 0 Å². The molecule has 1 unspecified atom stereocenters. The molecule has 8 heteroatoms. The Morgan fingerprint density at radius 1 is 1.37 bits per heavy atom. The molecule has 150 valence electrons. The predicted octanol–water partition coefficient (Wildman–Crippen LogP) is 1.26. The van der Waals surface area contributed by atoms with Crippen molar-refractivity contribution in [1.82, 2.24) is 15.5 Å². The van der Waals surface area contributed by atoms with Crippen molar-refractivity contribution in [3.8, 4) is 11.5 Å². The van der Waals surface area contributed by atoms with Crippen LogP contribution in [0.25, 0.3) is 0 Å². The van der Waals surface area contributed by atoms with Crippen LogP contribution in [0.1, 0.15) is 18.4 Å². The van der Waals surface area contributed by atoms with Crippen LogP contribution in [0.4, 0.5) is 0 Å². The highest BCUT2D eigenvalue weighted by atomic mass is 32.2. The lowest BCUT2D eigenvalue weighted by molar-refractivity contribution is -0.134.